The van der Waals surface area contributed by atoms with Gasteiger partial charge in [-0.3, -0.25) is 4.74 Å². The monoisotopic (exact) mass is 139 g/mol. The number of rotatable bonds is 4. The van der Waals surface area contributed by atoms with Gasteiger partial charge in [0, 0.05) is 13.5 Å². The van der Waals surface area contributed by atoms with Gasteiger partial charge in [0.1, 0.15) is 0 Å². The quantitative estimate of drug-likeness (QED) is 0.552. The molecule has 0 N–H and O–H groups in total. The Labute approximate surface area is 52.8 Å². The highest BCUT2D eigenvalue weighted by Gasteiger charge is 2.21. The summed E-state index contributed by atoms with van der Waals surface area (Å²) in [5.74, 6) is 0. The lowest BCUT2D eigenvalue weighted by molar-refractivity contribution is -0.231. The number of ether oxygens (including phenoxy) is 2. The van der Waals surface area contributed by atoms with Crippen LogP contribution in [-0.2, 0) is 9.47 Å². The Bertz CT molecular complexity index is 69.8. The molecule has 0 aliphatic heterocycles. The first-order valence-electron chi connectivity index (χ1n) is 2.55. The van der Waals surface area contributed by atoms with E-state index in [9.17, 15) is 8.78 Å². The molecular formula is C5H9F2O2. The molecule has 0 aliphatic rings. The summed E-state index contributed by atoms with van der Waals surface area (Å²) in [4.78, 5) is 0. The largest absolute Gasteiger partial charge is 0.355 e. The Morgan fingerprint density at radius 3 is 2.44 bits per heavy atom. The Balaban J connectivity index is 3.07. The van der Waals surface area contributed by atoms with Crippen molar-refractivity contribution in [3.05, 3.63) is 6.79 Å². The summed E-state index contributed by atoms with van der Waals surface area (Å²) in [5, 5.41) is 0. The average molecular weight is 139 g/mol. The van der Waals surface area contributed by atoms with Gasteiger partial charge in [-0.2, -0.15) is 8.78 Å². The molecule has 0 aromatic rings. The zero-order valence-electron chi connectivity index (χ0n) is 5.36. The summed E-state index contributed by atoms with van der Waals surface area (Å²) in [6.07, 6.45) is -3.13. The lowest BCUT2D eigenvalue weighted by Crippen LogP contribution is -2.14. The van der Waals surface area contributed by atoms with E-state index in [0.29, 0.717) is 20.3 Å². The van der Waals surface area contributed by atoms with Gasteiger partial charge in [0.2, 0.25) is 6.79 Å². The summed E-state index contributed by atoms with van der Waals surface area (Å²) < 4.78 is 31.6. The first-order valence-corrected chi connectivity index (χ1v) is 2.55. The molecule has 0 aromatic carbocycles. The van der Waals surface area contributed by atoms with E-state index in [4.69, 9.17) is 0 Å². The SMILES string of the molecule is CCO[CH]OC(C)(F)F. The maximum Gasteiger partial charge on any atom is 0.355 e. The van der Waals surface area contributed by atoms with E-state index < -0.39 is 6.11 Å². The van der Waals surface area contributed by atoms with Gasteiger partial charge in [-0.25, -0.2) is 0 Å². The fourth-order valence-corrected chi connectivity index (χ4v) is 0.187. The smallest absolute Gasteiger partial charge is 0.348 e. The van der Waals surface area contributed by atoms with Gasteiger partial charge in [0.05, 0.1) is 0 Å². The average Bonchev–Trinajstić information content (AvgIpc) is 1.63. The normalized spacial score (nSPS) is 12.0. The highest BCUT2D eigenvalue weighted by atomic mass is 19.3. The van der Waals surface area contributed by atoms with E-state index in [2.05, 4.69) is 9.47 Å². The minimum Gasteiger partial charge on any atom is -0.348 e. The van der Waals surface area contributed by atoms with Gasteiger partial charge in [-0.05, 0) is 6.92 Å². The van der Waals surface area contributed by atoms with Crippen LogP contribution in [0.3, 0.4) is 0 Å². The van der Waals surface area contributed by atoms with Gasteiger partial charge < -0.3 is 4.74 Å². The number of hydrogen-bond acceptors (Lipinski definition) is 2. The molecule has 4 heteroatoms. The highest BCUT2D eigenvalue weighted by Crippen LogP contribution is 2.13. The lowest BCUT2D eigenvalue weighted by atomic mass is 10.7. The van der Waals surface area contributed by atoms with Crippen LogP contribution in [0.5, 0.6) is 0 Å². The minimum absolute atomic E-state index is 0.329. The molecule has 9 heavy (non-hydrogen) atoms. The number of hydrogen-bond donors (Lipinski definition) is 0. The fourth-order valence-electron chi connectivity index (χ4n) is 0.187. The summed E-state index contributed by atoms with van der Waals surface area (Å²) >= 11 is 0. The molecule has 0 heterocycles. The van der Waals surface area contributed by atoms with Crippen molar-refractivity contribution in [2.75, 3.05) is 6.61 Å². The fraction of sp³-hybridized carbons (Fsp3) is 0.800. The van der Waals surface area contributed by atoms with Gasteiger partial charge in [-0.1, -0.05) is 0 Å². The second-order valence-electron chi connectivity index (χ2n) is 1.48. The predicted molar refractivity (Wildman–Crippen MR) is 27.6 cm³/mol. The van der Waals surface area contributed by atoms with Crippen molar-refractivity contribution in [2.45, 2.75) is 20.0 Å². The first kappa shape index (κ1) is 8.78. The van der Waals surface area contributed by atoms with Gasteiger partial charge in [0.25, 0.3) is 0 Å². The van der Waals surface area contributed by atoms with E-state index in [-0.39, 0.29) is 0 Å². The Hall–Kier alpha value is -0.220. The van der Waals surface area contributed by atoms with Gasteiger partial charge in [0.15, 0.2) is 0 Å². The molecule has 0 fully saturated rings. The molecule has 0 bridgehead atoms. The molecule has 0 aromatic heterocycles. The van der Waals surface area contributed by atoms with E-state index in [1.807, 2.05) is 0 Å². The summed E-state index contributed by atoms with van der Waals surface area (Å²) in [7, 11) is 0. The van der Waals surface area contributed by atoms with Crippen LogP contribution in [0.25, 0.3) is 0 Å². The van der Waals surface area contributed by atoms with Crippen molar-refractivity contribution in [1.82, 2.24) is 0 Å². The van der Waals surface area contributed by atoms with E-state index in [1.54, 1.807) is 6.92 Å². The molecule has 0 saturated heterocycles. The Morgan fingerprint density at radius 2 is 2.11 bits per heavy atom. The van der Waals surface area contributed by atoms with Crippen LogP contribution in [0.2, 0.25) is 0 Å². The van der Waals surface area contributed by atoms with E-state index in [1.165, 1.54) is 0 Å². The zero-order valence-corrected chi connectivity index (χ0v) is 5.36. The maximum absolute atomic E-state index is 11.7. The van der Waals surface area contributed by atoms with Crippen molar-refractivity contribution in [3.63, 3.8) is 0 Å². The number of halogens is 2. The zero-order chi connectivity index (χ0) is 7.33. The van der Waals surface area contributed by atoms with Crippen molar-refractivity contribution in [1.29, 1.82) is 0 Å². The van der Waals surface area contributed by atoms with Crippen molar-refractivity contribution in [3.8, 4) is 0 Å². The van der Waals surface area contributed by atoms with Gasteiger partial charge in [-0.15, -0.1) is 0 Å². The van der Waals surface area contributed by atoms with Crippen LogP contribution in [0, 0.1) is 6.79 Å². The Morgan fingerprint density at radius 1 is 1.56 bits per heavy atom. The summed E-state index contributed by atoms with van der Waals surface area (Å²) in [6.45, 7) is 3.28. The maximum atomic E-state index is 11.7. The van der Waals surface area contributed by atoms with Crippen molar-refractivity contribution >= 4 is 0 Å². The predicted octanol–water partition coefficient (Wildman–Crippen LogP) is 1.77. The molecule has 0 atom stereocenters. The van der Waals surface area contributed by atoms with Crippen molar-refractivity contribution < 1.29 is 18.3 Å². The molecule has 0 rings (SSSR count). The molecule has 0 saturated carbocycles. The molecule has 1 radical (unpaired) electrons. The molecule has 55 valence electrons. The third kappa shape index (κ3) is 7.78. The molecule has 0 spiro atoms. The number of alkyl halides is 2. The van der Waals surface area contributed by atoms with E-state index in [0.717, 1.165) is 0 Å². The third-order valence-electron chi connectivity index (χ3n) is 0.490. The van der Waals surface area contributed by atoms with Crippen molar-refractivity contribution in [2.24, 2.45) is 0 Å². The van der Waals surface area contributed by atoms with Crippen LogP contribution >= 0.6 is 0 Å². The second kappa shape index (κ2) is 3.74. The second-order valence-corrected chi connectivity index (χ2v) is 1.48. The van der Waals surface area contributed by atoms with Crippen LogP contribution in [0.15, 0.2) is 0 Å². The molecule has 0 amide bonds. The molecule has 2 nitrogen and oxygen atoms in total. The molecule has 0 unspecified atom stereocenters. The summed E-state index contributed by atoms with van der Waals surface area (Å²) in [5.41, 5.74) is 0. The lowest BCUT2D eigenvalue weighted by Gasteiger charge is -2.08. The third-order valence-corrected chi connectivity index (χ3v) is 0.490. The Kier molecular flexibility index (Phi) is 3.65. The highest BCUT2D eigenvalue weighted by molar-refractivity contribution is 4.39. The molecule has 0 aliphatic carbocycles. The standard InChI is InChI=1S/C5H9F2O2/c1-3-8-4-9-5(2,6)7/h4H,3H2,1-2H3. The minimum atomic E-state index is -3.13. The van der Waals surface area contributed by atoms with Crippen LogP contribution in [-0.4, -0.2) is 12.7 Å². The van der Waals surface area contributed by atoms with Crippen LogP contribution in [0.4, 0.5) is 8.78 Å². The van der Waals surface area contributed by atoms with E-state index >= 15 is 0 Å². The molecular weight excluding hydrogens is 130 g/mol. The van der Waals surface area contributed by atoms with Gasteiger partial charge >= 0.3 is 6.11 Å². The van der Waals surface area contributed by atoms with Crippen LogP contribution in [0.1, 0.15) is 13.8 Å². The topological polar surface area (TPSA) is 18.5 Å². The first-order chi connectivity index (χ1) is 4.06. The van der Waals surface area contributed by atoms with Crippen LogP contribution < -0.4 is 0 Å². The summed E-state index contributed by atoms with van der Waals surface area (Å²) in [6, 6.07) is 0.